The largest absolute Gasteiger partial charge is 0.487 e. The molecular formula is C18H24N2O6. The lowest BCUT2D eigenvalue weighted by Crippen LogP contribution is -2.49. The fourth-order valence-electron chi connectivity index (χ4n) is 3.26. The molecule has 1 aromatic carbocycles. The van der Waals surface area contributed by atoms with Crippen LogP contribution in [0, 0.1) is 10.1 Å². The second-order valence-corrected chi connectivity index (χ2v) is 6.38. The van der Waals surface area contributed by atoms with Gasteiger partial charge in [-0.1, -0.05) is 0 Å². The number of hydrogen-bond donors (Lipinski definition) is 0. The van der Waals surface area contributed by atoms with Crippen LogP contribution in [0.5, 0.6) is 5.75 Å². The number of nitro benzene ring substituents is 1. The second-order valence-electron chi connectivity index (χ2n) is 6.38. The van der Waals surface area contributed by atoms with Gasteiger partial charge in [-0.2, -0.15) is 0 Å². The smallest absolute Gasteiger partial charge is 0.338 e. The zero-order chi connectivity index (χ0) is 19.3. The van der Waals surface area contributed by atoms with Crippen LogP contribution in [0.1, 0.15) is 50.4 Å². The Morgan fingerprint density at radius 3 is 2.50 bits per heavy atom. The lowest BCUT2D eigenvalue weighted by Gasteiger charge is -2.38. The summed E-state index contributed by atoms with van der Waals surface area (Å²) in [5.74, 6) is -0.943. The highest BCUT2D eigenvalue weighted by Gasteiger charge is 2.29. The Kier molecular flexibility index (Phi) is 6.54. The number of likely N-dealkylation sites (tertiary alicyclic amines) is 1. The van der Waals surface area contributed by atoms with Crippen LogP contribution in [0.4, 0.5) is 5.69 Å². The first-order chi connectivity index (χ1) is 12.3. The maximum atomic E-state index is 12.4. The molecule has 8 heteroatoms. The van der Waals surface area contributed by atoms with E-state index in [1.807, 2.05) is 13.8 Å². The highest BCUT2D eigenvalue weighted by atomic mass is 16.6. The molecule has 0 saturated carbocycles. The van der Waals surface area contributed by atoms with Crippen LogP contribution in [-0.2, 0) is 9.53 Å². The Morgan fingerprint density at radius 1 is 1.27 bits per heavy atom. The first-order valence-electron chi connectivity index (χ1n) is 8.74. The average molecular weight is 364 g/mol. The molecule has 0 bridgehead atoms. The molecule has 2 atom stereocenters. The number of nitrogens with zero attached hydrogens (tertiary/aromatic N) is 2. The van der Waals surface area contributed by atoms with E-state index < -0.39 is 10.9 Å². The van der Waals surface area contributed by atoms with Gasteiger partial charge >= 0.3 is 11.7 Å². The predicted molar refractivity (Wildman–Crippen MR) is 94.2 cm³/mol. The maximum Gasteiger partial charge on any atom is 0.338 e. The molecule has 1 fully saturated rings. The molecule has 1 aliphatic heterocycles. The van der Waals surface area contributed by atoms with E-state index in [1.165, 1.54) is 12.1 Å². The molecule has 2 unspecified atom stereocenters. The highest BCUT2D eigenvalue weighted by Crippen LogP contribution is 2.28. The maximum absolute atomic E-state index is 12.4. The molecule has 8 nitrogen and oxygen atoms in total. The molecule has 26 heavy (non-hydrogen) atoms. The van der Waals surface area contributed by atoms with Crippen LogP contribution in [0.15, 0.2) is 18.2 Å². The summed E-state index contributed by atoms with van der Waals surface area (Å²) in [6.07, 6.45) is 2.92. The minimum atomic E-state index is -0.776. The summed E-state index contributed by atoms with van der Waals surface area (Å²) in [7, 11) is 0. The standard InChI is InChI=1S/C18H24N2O6/c1-4-25-16-9-8-14(10-15(16)20(23)24)18(22)26-11-17(21)19-12(2)6-5-7-13(19)3/h8-10,12-13H,4-7,11H2,1-3H3. The number of carbonyl (C=O) groups is 2. The van der Waals surface area contributed by atoms with Crippen molar-refractivity contribution < 1.29 is 24.0 Å². The zero-order valence-electron chi connectivity index (χ0n) is 15.3. The Balaban J connectivity index is 2.04. The van der Waals surface area contributed by atoms with E-state index in [9.17, 15) is 19.7 Å². The van der Waals surface area contributed by atoms with Crippen molar-refractivity contribution in [2.75, 3.05) is 13.2 Å². The van der Waals surface area contributed by atoms with Crippen LogP contribution in [-0.4, -0.2) is 47.0 Å². The molecule has 0 spiro atoms. The van der Waals surface area contributed by atoms with Crippen molar-refractivity contribution in [3.8, 4) is 5.75 Å². The van der Waals surface area contributed by atoms with E-state index in [1.54, 1.807) is 11.8 Å². The van der Waals surface area contributed by atoms with Crippen molar-refractivity contribution >= 4 is 17.6 Å². The van der Waals surface area contributed by atoms with Gasteiger partial charge in [-0.25, -0.2) is 4.79 Å². The molecule has 142 valence electrons. The molecule has 0 aliphatic carbocycles. The van der Waals surface area contributed by atoms with E-state index in [-0.39, 0.29) is 48.2 Å². The van der Waals surface area contributed by atoms with E-state index in [0.29, 0.717) is 0 Å². The Hall–Kier alpha value is -2.64. The van der Waals surface area contributed by atoms with Gasteiger partial charge in [0.15, 0.2) is 12.4 Å². The van der Waals surface area contributed by atoms with Crippen molar-refractivity contribution in [1.29, 1.82) is 0 Å². The van der Waals surface area contributed by atoms with Crippen molar-refractivity contribution in [2.24, 2.45) is 0 Å². The summed E-state index contributed by atoms with van der Waals surface area (Å²) < 4.78 is 10.3. The molecule has 2 rings (SSSR count). The van der Waals surface area contributed by atoms with Crippen molar-refractivity contribution in [1.82, 2.24) is 4.90 Å². The SMILES string of the molecule is CCOc1ccc(C(=O)OCC(=O)N2C(C)CCCC2C)cc1[N+](=O)[O-]. The number of carbonyl (C=O) groups excluding carboxylic acids is 2. The minimum Gasteiger partial charge on any atom is -0.487 e. The number of ether oxygens (including phenoxy) is 2. The molecule has 0 N–H and O–H groups in total. The third-order valence-electron chi connectivity index (χ3n) is 4.50. The van der Waals surface area contributed by atoms with E-state index in [4.69, 9.17) is 9.47 Å². The summed E-state index contributed by atoms with van der Waals surface area (Å²) >= 11 is 0. The van der Waals surface area contributed by atoms with E-state index >= 15 is 0 Å². The number of benzene rings is 1. The topological polar surface area (TPSA) is 99.0 Å². The molecule has 0 radical (unpaired) electrons. The Labute approximate surface area is 152 Å². The van der Waals surface area contributed by atoms with Crippen molar-refractivity contribution in [2.45, 2.75) is 52.1 Å². The van der Waals surface area contributed by atoms with Crippen LogP contribution < -0.4 is 4.74 Å². The molecular weight excluding hydrogens is 340 g/mol. The van der Waals surface area contributed by atoms with Crippen LogP contribution in [0.25, 0.3) is 0 Å². The van der Waals surface area contributed by atoms with Crippen molar-refractivity contribution in [3.05, 3.63) is 33.9 Å². The average Bonchev–Trinajstić information content (AvgIpc) is 2.60. The molecule has 1 heterocycles. The molecule has 1 saturated heterocycles. The van der Waals surface area contributed by atoms with Crippen LogP contribution in [0.3, 0.4) is 0 Å². The second kappa shape index (κ2) is 8.64. The molecule has 1 aromatic rings. The van der Waals surface area contributed by atoms with Gasteiger partial charge in [0.05, 0.1) is 17.1 Å². The van der Waals surface area contributed by atoms with Gasteiger partial charge in [-0.3, -0.25) is 14.9 Å². The number of hydrogen-bond acceptors (Lipinski definition) is 6. The van der Waals surface area contributed by atoms with Gasteiger partial charge in [0, 0.05) is 18.2 Å². The predicted octanol–water partition coefficient (Wildman–Crippen LogP) is 2.94. The van der Waals surface area contributed by atoms with Crippen molar-refractivity contribution in [3.63, 3.8) is 0 Å². The summed E-state index contributed by atoms with van der Waals surface area (Å²) in [6, 6.07) is 4.06. The van der Waals surface area contributed by atoms with Crippen LogP contribution in [0.2, 0.25) is 0 Å². The first-order valence-corrected chi connectivity index (χ1v) is 8.74. The monoisotopic (exact) mass is 364 g/mol. The number of esters is 1. The number of piperidine rings is 1. The third kappa shape index (κ3) is 4.50. The fourth-order valence-corrected chi connectivity index (χ4v) is 3.26. The third-order valence-corrected chi connectivity index (χ3v) is 4.50. The highest BCUT2D eigenvalue weighted by molar-refractivity contribution is 5.92. The number of amides is 1. The fraction of sp³-hybridized carbons (Fsp3) is 0.556. The number of nitro groups is 1. The Bertz CT molecular complexity index is 680. The van der Waals surface area contributed by atoms with Gasteiger partial charge in [0.1, 0.15) is 0 Å². The lowest BCUT2D eigenvalue weighted by atomic mass is 9.97. The quantitative estimate of drug-likeness (QED) is 0.437. The summed E-state index contributed by atoms with van der Waals surface area (Å²) in [6.45, 7) is 5.55. The normalized spacial score (nSPS) is 19.7. The van der Waals surface area contributed by atoms with Crippen LogP contribution >= 0.6 is 0 Å². The lowest BCUT2D eigenvalue weighted by molar-refractivity contribution is -0.385. The minimum absolute atomic E-state index is 0.00712. The van der Waals surface area contributed by atoms with E-state index in [2.05, 4.69) is 0 Å². The molecule has 0 aromatic heterocycles. The van der Waals surface area contributed by atoms with Gasteiger partial charge in [0.2, 0.25) is 0 Å². The Morgan fingerprint density at radius 2 is 1.92 bits per heavy atom. The van der Waals surface area contributed by atoms with Gasteiger partial charge < -0.3 is 14.4 Å². The molecule has 1 aliphatic rings. The van der Waals surface area contributed by atoms with Gasteiger partial charge in [0.25, 0.3) is 5.91 Å². The summed E-state index contributed by atoms with van der Waals surface area (Å²) in [5, 5.41) is 11.1. The van der Waals surface area contributed by atoms with Gasteiger partial charge in [-0.05, 0) is 52.2 Å². The first kappa shape index (κ1) is 19.7. The molecule has 1 amide bonds. The van der Waals surface area contributed by atoms with E-state index in [0.717, 1.165) is 25.3 Å². The zero-order valence-corrected chi connectivity index (χ0v) is 15.3. The summed E-state index contributed by atoms with van der Waals surface area (Å²) in [5.41, 5.74) is -0.307. The van der Waals surface area contributed by atoms with Gasteiger partial charge in [-0.15, -0.1) is 0 Å². The summed E-state index contributed by atoms with van der Waals surface area (Å²) in [4.78, 5) is 36.8. The number of rotatable bonds is 6.